The van der Waals surface area contributed by atoms with Crippen LogP contribution < -0.4 is 10.1 Å². The van der Waals surface area contributed by atoms with Crippen molar-refractivity contribution in [2.75, 3.05) is 19.7 Å². The first kappa shape index (κ1) is 15.8. The lowest BCUT2D eigenvalue weighted by atomic mass is 10.0. The minimum Gasteiger partial charge on any atom is -0.484 e. The summed E-state index contributed by atoms with van der Waals surface area (Å²) in [5.74, 6) is 1.17. The summed E-state index contributed by atoms with van der Waals surface area (Å²) in [4.78, 5) is 25.8. The number of carbonyl (C=O) groups is 2. The predicted molar refractivity (Wildman–Crippen MR) is 87.1 cm³/mol. The van der Waals surface area contributed by atoms with Crippen LogP contribution in [0.3, 0.4) is 0 Å². The highest BCUT2D eigenvalue weighted by Gasteiger charge is 2.32. The Morgan fingerprint density at radius 1 is 1.13 bits per heavy atom. The van der Waals surface area contributed by atoms with E-state index in [0.29, 0.717) is 13.1 Å². The van der Waals surface area contributed by atoms with E-state index >= 15 is 0 Å². The summed E-state index contributed by atoms with van der Waals surface area (Å²) in [6.07, 6.45) is 3.71. The quantitative estimate of drug-likeness (QED) is 0.902. The van der Waals surface area contributed by atoms with Crippen molar-refractivity contribution in [3.63, 3.8) is 0 Å². The van der Waals surface area contributed by atoms with E-state index in [-0.39, 0.29) is 30.4 Å². The molecular formula is C18H24N2O3. The number of rotatable bonds is 5. The summed E-state index contributed by atoms with van der Waals surface area (Å²) in [5.41, 5.74) is 1.17. The van der Waals surface area contributed by atoms with Crippen molar-refractivity contribution in [2.45, 2.75) is 38.6 Å². The zero-order chi connectivity index (χ0) is 16.2. The molecule has 0 atom stereocenters. The molecule has 0 bridgehead atoms. The number of hydrogen-bond acceptors (Lipinski definition) is 3. The molecule has 0 radical (unpaired) electrons. The first-order chi connectivity index (χ1) is 11.1. The number of nitrogens with zero attached hydrogens (tertiary/aromatic N) is 1. The Morgan fingerprint density at radius 3 is 2.39 bits per heavy atom. The zero-order valence-corrected chi connectivity index (χ0v) is 13.6. The highest BCUT2D eigenvalue weighted by molar-refractivity contribution is 5.81. The SMILES string of the molecule is Cc1ccc(OCC(=O)N2CCC(NC(=O)C3CC3)CC2)cc1. The highest BCUT2D eigenvalue weighted by Crippen LogP contribution is 2.29. The van der Waals surface area contributed by atoms with Gasteiger partial charge in [-0.1, -0.05) is 17.7 Å². The van der Waals surface area contributed by atoms with Gasteiger partial charge in [-0.05, 0) is 44.7 Å². The van der Waals surface area contributed by atoms with Gasteiger partial charge in [0.15, 0.2) is 6.61 Å². The van der Waals surface area contributed by atoms with Gasteiger partial charge in [-0.15, -0.1) is 0 Å². The Labute approximate surface area is 137 Å². The monoisotopic (exact) mass is 316 g/mol. The number of ether oxygens (including phenoxy) is 1. The van der Waals surface area contributed by atoms with Gasteiger partial charge in [-0.25, -0.2) is 0 Å². The van der Waals surface area contributed by atoms with Crippen molar-refractivity contribution in [2.24, 2.45) is 5.92 Å². The number of hydrogen-bond donors (Lipinski definition) is 1. The lowest BCUT2D eigenvalue weighted by molar-refractivity contribution is -0.134. The van der Waals surface area contributed by atoms with Crippen molar-refractivity contribution in [1.82, 2.24) is 10.2 Å². The first-order valence-corrected chi connectivity index (χ1v) is 8.39. The molecule has 0 spiro atoms. The van der Waals surface area contributed by atoms with Gasteiger partial charge >= 0.3 is 0 Å². The number of likely N-dealkylation sites (tertiary alicyclic amines) is 1. The summed E-state index contributed by atoms with van der Waals surface area (Å²) in [6.45, 7) is 3.46. The molecule has 1 aromatic rings. The zero-order valence-electron chi connectivity index (χ0n) is 13.6. The molecule has 2 aliphatic rings. The molecule has 5 nitrogen and oxygen atoms in total. The third kappa shape index (κ3) is 4.47. The number of carbonyl (C=O) groups excluding carboxylic acids is 2. The number of aryl methyl sites for hydroxylation is 1. The van der Waals surface area contributed by atoms with Crippen LogP contribution in [-0.4, -0.2) is 42.5 Å². The minimum atomic E-state index is 0.0116. The summed E-state index contributed by atoms with van der Waals surface area (Å²) < 4.78 is 5.55. The summed E-state index contributed by atoms with van der Waals surface area (Å²) >= 11 is 0. The molecule has 0 aromatic heterocycles. The summed E-state index contributed by atoms with van der Waals surface area (Å²) in [7, 11) is 0. The van der Waals surface area contributed by atoms with Gasteiger partial charge in [0.25, 0.3) is 5.91 Å². The van der Waals surface area contributed by atoms with Crippen molar-refractivity contribution in [3.8, 4) is 5.75 Å². The van der Waals surface area contributed by atoms with Gasteiger partial charge in [-0.2, -0.15) is 0 Å². The predicted octanol–water partition coefficient (Wildman–Crippen LogP) is 1.89. The van der Waals surface area contributed by atoms with E-state index in [1.807, 2.05) is 36.1 Å². The maximum absolute atomic E-state index is 12.2. The van der Waals surface area contributed by atoms with Gasteiger partial charge in [0.05, 0.1) is 0 Å². The van der Waals surface area contributed by atoms with Crippen LogP contribution in [-0.2, 0) is 9.59 Å². The smallest absolute Gasteiger partial charge is 0.260 e. The molecule has 1 aliphatic heterocycles. The van der Waals surface area contributed by atoms with Crippen LogP contribution in [0.5, 0.6) is 5.75 Å². The normalized spacial score (nSPS) is 18.6. The van der Waals surface area contributed by atoms with Crippen LogP contribution in [0.1, 0.15) is 31.2 Å². The fraction of sp³-hybridized carbons (Fsp3) is 0.556. The number of benzene rings is 1. The molecule has 1 saturated heterocycles. The molecule has 1 aromatic carbocycles. The summed E-state index contributed by atoms with van der Waals surface area (Å²) in [6, 6.07) is 7.90. The van der Waals surface area contributed by atoms with E-state index in [0.717, 1.165) is 31.4 Å². The number of amides is 2. The standard InChI is InChI=1S/C18H24N2O3/c1-13-2-6-16(7-3-13)23-12-17(21)20-10-8-15(9-11-20)19-18(22)14-4-5-14/h2-3,6-7,14-15H,4-5,8-12H2,1H3,(H,19,22). The molecule has 0 unspecified atom stereocenters. The Bertz CT molecular complexity index is 558. The van der Waals surface area contributed by atoms with E-state index in [2.05, 4.69) is 5.32 Å². The molecule has 2 fully saturated rings. The Morgan fingerprint density at radius 2 is 1.78 bits per heavy atom. The van der Waals surface area contributed by atoms with Crippen LogP contribution in [0.25, 0.3) is 0 Å². The van der Waals surface area contributed by atoms with Crippen molar-refractivity contribution in [3.05, 3.63) is 29.8 Å². The van der Waals surface area contributed by atoms with Crippen molar-refractivity contribution in [1.29, 1.82) is 0 Å². The Kier molecular flexibility index (Phi) is 4.84. The average molecular weight is 316 g/mol. The van der Waals surface area contributed by atoms with Gasteiger partial charge in [-0.3, -0.25) is 9.59 Å². The molecule has 1 heterocycles. The number of nitrogens with one attached hydrogen (secondary N) is 1. The molecule has 23 heavy (non-hydrogen) atoms. The second-order valence-electron chi connectivity index (χ2n) is 6.54. The maximum atomic E-state index is 12.2. The molecule has 2 amide bonds. The molecule has 124 valence electrons. The highest BCUT2D eigenvalue weighted by atomic mass is 16.5. The van der Waals surface area contributed by atoms with E-state index in [4.69, 9.17) is 4.74 Å². The maximum Gasteiger partial charge on any atom is 0.260 e. The van der Waals surface area contributed by atoms with Gasteiger partial charge in [0.1, 0.15) is 5.75 Å². The van der Waals surface area contributed by atoms with E-state index in [1.165, 1.54) is 5.56 Å². The fourth-order valence-electron chi connectivity index (χ4n) is 2.81. The summed E-state index contributed by atoms with van der Waals surface area (Å²) in [5, 5.41) is 3.10. The Balaban J connectivity index is 1.39. The second kappa shape index (κ2) is 7.02. The molecule has 5 heteroatoms. The third-order valence-electron chi connectivity index (χ3n) is 4.53. The fourth-order valence-corrected chi connectivity index (χ4v) is 2.81. The van der Waals surface area contributed by atoms with Gasteiger partial charge in [0, 0.05) is 25.0 Å². The molecule has 1 aliphatic carbocycles. The van der Waals surface area contributed by atoms with Crippen molar-refractivity contribution >= 4 is 11.8 Å². The molecule has 3 rings (SSSR count). The van der Waals surface area contributed by atoms with E-state index in [1.54, 1.807) is 0 Å². The van der Waals surface area contributed by atoms with Crippen LogP contribution >= 0.6 is 0 Å². The second-order valence-corrected chi connectivity index (χ2v) is 6.54. The van der Waals surface area contributed by atoms with E-state index < -0.39 is 0 Å². The van der Waals surface area contributed by atoms with Gasteiger partial charge < -0.3 is 15.0 Å². The number of piperidine rings is 1. The largest absolute Gasteiger partial charge is 0.484 e. The van der Waals surface area contributed by atoms with E-state index in [9.17, 15) is 9.59 Å². The lowest BCUT2D eigenvalue weighted by Crippen LogP contribution is -2.48. The van der Waals surface area contributed by atoms with Crippen LogP contribution in [0, 0.1) is 12.8 Å². The topological polar surface area (TPSA) is 58.6 Å². The molecule has 1 N–H and O–H groups in total. The first-order valence-electron chi connectivity index (χ1n) is 8.39. The lowest BCUT2D eigenvalue weighted by Gasteiger charge is -2.32. The third-order valence-corrected chi connectivity index (χ3v) is 4.53. The van der Waals surface area contributed by atoms with Crippen LogP contribution in [0.4, 0.5) is 0 Å². The minimum absolute atomic E-state index is 0.0116. The van der Waals surface area contributed by atoms with Crippen LogP contribution in [0.15, 0.2) is 24.3 Å². The van der Waals surface area contributed by atoms with Crippen LogP contribution in [0.2, 0.25) is 0 Å². The Hall–Kier alpha value is -2.04. The van der Waals surface area contributed by atoms with Crippen molar-refractivity contribution < 1.29 is 14.3 Å². The molecular weight excluding hydrogens is 292 g/mol. The molecule has 1 saturated carbocycles. The van der Waals surface area contributed by atoms with Gasteiger partial charge in [0.2, 0.25) is 5.91 Å². The average Bonchev–Trinajstić information content (AvgIpc) is 3.40.